The van der Waals surface area contributed by atoms with Gasteiger partial charge in [0.05, 0.1) is 0 Å². The molecule has 1 aromatic rings. The maximum absolute atomic E-state index is 4.24. The molecule has 1 heterocycles. The highest BCUT2D eigenvalue weighted by molar-refractivity contribution is 5.14. The monoisotopic (exact) mass is 248 g/mol. The number of nitrogens with one attached hydrogen (secondary N) is 1. The van der Waals surface area contributed by atoms with Gasteiger partial charge >= 0.3 is 0 Å². The zero-order valence-electron chi connectivity index (χ0n) is 12.5. The Morgan fingerprint density at radius 2 is 2.06 bits per heavy atom. The molecule has 2 unspecified atom stereocenters. The minimum Gasteiger partial charge on any atom is -0.310 e. The van der Waals surface area contributed by atoms with Gasteiger partial charge < -0.3 is 5.32 Å². The fourth-order valence-corrected chi connectivity index (χ4v) is 1.95. The Kier molecular flexibility index (Phi) is 5.80. The summed E-state index contributed by atoms with van der Waals surface area (Å²) < 4.78 is 0. The van der Waals surface area contributed by atoms with E-state index >= 15 is 0 Å². The van der Waals surface area contributed by atoms with E-state index in [4.69, 9.17) is 0 Å². The van der Waals surface area contributed by atoms with Crippen molar-refractivity contribution in [2.75, 3.05) is 6.54 Å². The van der Waals surface area contributed by atoms with Crippen LogP contribution in [0.15, 0.2) is 24.5 Å². The Morgan fingerprint density at radius 1 is 1.33 bits per heavy atom. The second-order valence-corrected chi connectivity index (χ2v) is 6.30. The molecule has 0 aliphatic carbocycles. The van der Waals surface area contributed by atoms with Gasteiger partial charge in [0.15, 0.2) is 0 Å². The van der Waals surface area contributed by atoms with Crippen LogP contribution in [-0.4, -0.2) is 11.5 Å². The largest absolute Gasteiger partial charge is 0.310 e. The highest BCUT2D eigenvalue weighted by atomic mass is 14.9. The van der Waals surface area contributed by atoms with E-state index in [1.54, 1.807) is 0 Å². The van der Waals surface area contributed by atoms with E-state index in [-0.39, 0.29) is 0 Å². The van der Waals surface area contributed by atoms with Crippen molar-refractivity contribution in [3.05, 3.63) is 30.1 Å². The molecule has 0 fully saturated rings. The van der Waals surface area contributed by atoms with Crippen molar-refractivity contribution in [2.24, 2.45) is 11.3 Å². The summed E-state index contributed by atoms with van der Waals surface area (Å²) in [7, 11) is 0. The number of hydrogen-bond acceptors (Lipinski definition) is 2. The first-order chi connectivity index (χ1) is 8.45. The average molecular weight is 248 g/mol. The number of nitrogens with zero attached hydrogens (tertiary/aromatic N) is 1. The Morgan fingerprint density at radius 3 is 2.56 bits per heavy atom. The normalized spacial score (nSPS) is 15.4. The molecule has 2 atom stereocenters. The SMILES string of the molecule is CCCNC(CC(C)C(C)(C)C)c1cccnc1. The first-order valence-electron chi connectivity index (χ1n) is 7.08. The third-order valence-electron chi connectivity index (χ3n) is 3.80. The van der Waals surface area contributed by atoms with Crippen molar-refractivity contribution in [1.82, 2.24) is 10.3 Å². The van der Waals surface area contributed by atoms with Gasteiger partial charge in [-0.25, -0.2) is 0 Å². The predicted octanol–water partition coefficient (Wildman–Crippen LogP) is 4.19. The van der Waals surface area contributed by atoms with Gasteiger partial charge in [0.1, 0.15) is 0 Å². The summed E-state index contributed by atoms with van der Waals surface area (Å²) in [6.45, 7) is 12.6. The topological polar surface area (TPSA) is 24.9 Å². The summed E-state index contributed by atoms with van der Waals surface area (Å²) in [4.78, 5) is 4.24. The molecule has 1 aromatic heterocycles. The smallest absolute Gasteiger partial charge is 0.0338 e. The second kappa shape index (κ2) is 6.89. The van der Waals surface area contributed by atoms with Gasteiger partial charge in [0, 0.05) is 18.4 Å². The Balaban J connectivity index is 2.73. The number of hydrogen-bond donors (Lipinski definition) is 1. The molecule has 0 saturated carbocycles. The lowest BCUT2D eigenvalue weighted by Crippen LogP contribution is -2.28. The second-order valence-electron chi connectivity index (χ2n) is 6.30. The molecule has 0 amide bonds. The molecule has 0 bridgehead atoms. The molecular formula is C16H28N2. The van der Waals surface area contributed by atoms with E-state index in [0.717, 1.165) is 13.0 Å². The molecule has 1 rings (SSSR count). The van der Waals surface area contributed by atoms with Crippen LogP contribution in [0, 0.1) is 11.3 Å². The highest BCUT2D eigenvalue weighted by Gasteiger charge is 2.24. The molecule has 102 valence electrons. The standard InChI is InChI=1S/C16H28N2/c1-6-9-18-15(11-13(2)16(3,4)5)14-8-7-10-17-12-14/h7-8,10,12-13,15,18H,6,9,11H2,1-5H3. The van der Waals surface area contributed by atoms with E-state index in [2.05, 4.69) is 51.0 Å². The average Bonchev–Trinajstić information content (AvgIpc) is 2.34. The maximum atomic E-state index is 4.24. The zero-order chi connectivity index (χ0) is 13.6. The summed E-state index contributed by atoms with van der Waals surface area (Å²) in [5.74, 6) is 0.673. The molecule has 2 heteroatoms. The van der Waals surface area contributed by atoms with Crippen molar-refractivity contribution in [1.29, 1.82) is 0 Å². The number of rotatable bonds is 6. The molecule has 0 aromatic carbocycles. The third kappa shape index (κ3) is 4.77. The first-order valence-corrected chi connectivity index (χ1v) is 7.08. The van der Waals surface area contributed by atoms with Crippen LogP contribution in [0.2, 0.25) is 0 Å². The fourth-order valence-electron chi connectivity index (χ4n) is 1.95. The quantitative estimate of drug-likeness (QED) is 0.816. The van der Waals surface area contributed by atoms with Crippen molar-refractivity contribution < 1.29 is 0 Å². The lowest BCUT2D eigenvalue weighted by Gasteiger charge is -2.31. The molecule has 0 saturated heterocycles. The summed E-state index contributed by atoms with van der Waals surface area (Å²) in [6.07, 6.45) is 6.16. The first kappa shape index (κ1) is 15.2. The minimum atomic E-state index is 0.356. The lowest BCUT2D eigenvalue weighted by atomic mass is 9.77. The van der Waals surface area contributed by atoms with E-state index in [1.165, 1.54) is 12.0 Å². The van der Waals surface area contributed by atoms with Crippen LogP contribution in [0.1, 0.15) is 59.1 Å². The van der Waals surface area contributed by atoms with Gasteiger partial charge in [-0.2, -0.15) is 0 Å². The van der Waals surface area contributed by atoms with Crippen LogP contribution in [0.5, 0.6) is 0 Å². The Bertz CT molecular complexity index is 327. The lowest BCUT2D eigenvalue weighted by molar-refractivity contribution is 0.223. The summed E-state index contributed by atoms with van der Waals surface area (Å²) in [6, 6.07) is 4.63. The molecule has 18 heavy (non-hydrogen) atoms. The van der Waals surface area contributed by atoms with Crippen LogP contribution in [0.4, 0.5) is 0 Å². The molecule has 2 nitrogen and oxygen atoms in total. The minimum absolute atomic E-state index is 0.356. The highest BCUT2D eigenvalue weighted by Crippen LogP contribution is 2.33. The van der Waals surface area contributed by atoms with E-state index in [0.29, 0.717) is 17.4 Å². The van der Waals surface area contributed by atoms with Crippen LogP contribution >= 0.6 is 0 Å². The third-order valence-corrected chi connectivity index (χ3v) is 3.80. The molecule has 0 spiro atoms. The molecular weight excluding hydrogens is 220 g/mol. The Hall–Kier alpha value is -0.890. The van der Waals surface area contributed by atoms with Crippen molar-refractivity contribution in [3.8, 4) is 0 Å². The van der Waals surface area contributed by atoms with Gasteiger partial charge in [-0.1, -0.05) is 40.7 Å². The van der Waals surface area contributed by atoms with Crippen LogP contribution in [-0.2, 0) is 0 Å². The van der Waals surface area contributed by atoms with E-state index < -0.39 is 0 Å². The van der Waals surface area contributed by atoms with Crippen molar-refractivity contribution in [3.63, 3.8) is 0 Å². The van der Waals surface area contributed by atoms with E-state index in [9.17, 15) is 0 Å². The van der Waals surface area contributed by atoms with Gasteiger partial charge in [0.2, 0.25) is 0 Å². The van der Waals surface area contributed by atoms with Crippen LogP contribution in [0.3, 0.4) is 0 Å². The Labute approximate surface area is 112 Å². The molecule has 0 aliphatic heterocycles. The van der Waals surface area contributed by atoms with E-state index in [1.807, 2.05) is 18.5 Å². The van der Waals surface area contributed by atoms with Gasteiger partial charge in [-0.3, -0.25) is 4.98 Å². The fraction of sp³-hybridized carbons (Fsp3) is 0.688. The summed E-state index contributed by atoms with van der Waals surface area (Å²) >= 11 is 0. The molecule has 0 aliphatic rings. The number of aromatic nitrogens is 1. The van der Waals surface area contributed by atoms with Crippen molar-refractivity contribution in [2.45, 2.75) is 53.5 Å². The van der Waals surface area contributed by atoms with Crippen LogP contribution < -0.4 is 5.32 Å². The van der Waals surface area contributed by atoms with Gasteiger partial charge in [-0.15, -0.1) is 0 Å². The van der Waals surface area contributed by atoms with Crippen LogP contribution in [0.25, 0.3) is 0 Å². The van der Waals surface area contributed by atoms with Gasteiger partial charge in [0.25, 0.3) is 0 Å². The maximum Gasteiger partial charge on any atom is 0.0338 e. The predicted molar refractivity (Wildman–Crippen MR) is 78.5 cm³/mol. The molecule has 0 radical (unpaired) electrons. The van der Waals surface area contributed by atoms with Crippen molar-refractivity contribution >= 4 is 0 Å². The molecule has 1 N–H and O–H groups in total. The zero-order valence-corrected chi connectivity index (χ0v) is 12.5. The number of pyridine rings is 1. The summed E-state index contributed by atoms with van der Waals surface area (Å²) in [5.41, 5.74) is 1.66. The summed E-state index contributed by atoms with van der Waals surface area (Å²) in [5, 5.41) is 3.65. The van der Waals surface area contributed by atoms with Gasteiger partial charge in [-0.05, 0) is 42.3 Å².